The second kappa shape index (κ2) is 8.56. The number of rotatable bonds is 8. The van der Waals surface area contributed by atoms with Crippen LogP contribution in [0.1, 0.15) is 37.8 Å². The first kappa shape index (κ1) is 20.3. The minimum atomic E-state index is -3.66. The summed E-state index contributed by atoms with van der Waals surface area (Å²) in [4.78, 5) is 0.272. The highest BCUT2D eigenvalue weighted by Crippen LogP contribution is 2.31. The van der Waals surface area contributed by atoms with Crippen molar-refractivity contribution in [1.82, 2.24) is 4.72 Å². The van der Waals surface area contributed by atoms with Gasteiger partial charge in [-0.2, -0.15) is 0 Å². The topological polar surface area (TPSA) is 64.6 Å². The highest BCUT2D eigenvalue weighted by Gasteiger charge is 2.23. The Labute approximate surface area is 156 Å². The summed E-state index contributed by atoms with van der Waals surface area (Å²) >= 11 is 0. The molecular formula is C20H27NO4S. The normalized spacial score (nSPS) is 12.8. The Morgan fingerprint density at radius 1 is 1.08 bits per heavy atom. The largest absolute Gasteiger partial charge is 0.496 e. The molecule has 0 unspecified atom stereocenters. The average molecular weight is 378 g/mol. The molecule has 2 rings (SSSR count). The van der Waals surface area contributed by atoms with Crippen LogP contribution in [0.5, 0.6) is 11.5 Å². The molecule has 0 saturated heterocycles. The fourth-order valence-electron chi connectivity index (χ4n) is 2.70. The van der Waals surface area contributed by atoms with Crippen molar-refractivity contribution in [3.8, 4) is 11.5 Å². The number of hydrogen-bond donors (Lipinski definition) is 1. The van der Waals surface area contributed by atoms with E-state index in [0.717, 1.165) is 5.56 Å². The quantitative estimate of drug-likeness (QED) is 0.758. The third-order valence-corrected chi connectivity index (χ3v) is 5.77. The van der Waals surface area contributed by atoms with Crippen LogP contribution in [-0.2, 0) is 10.0 Å². The van der Waals surface area contributed by atoms with E-state index in [1.807, 2.05) is 44.2 Å². The standard InChI is InChI=1S/C20H27NO4S/c1-14(2)18-12-20(15(3)11-19(18)24-5)26(22,23)21-16(4)13-25-17-9-7-6-8-10-17/h6-12,14,16,21H,13H2,1-5H3/t16-/m0/s1. The first-order valence-corrected chi connectivity index (χ1v) is 10.1. The van der Waals surface area contributed by atoms with E-state index in [1.165, 1.54) is 0 Å². The van der Waals surface area contributed by atoms with E-state index in [0.29, 0.717) is 17.1 Å². The maximum Gasteiger partial charge on any atom is 0.241 e. The zero-order chi connectivity index (χ0) is 19.3. The summed E-state index contributed by atoms with van der Waals surface area (Å²) in [5, 5.41) is 0. The van der Waals surface area contributed by atoms with Crippen molar-refractivity contribution in [1.29, 1.82) is 0 Å². The number of hydrogen-bond acceptors (Lipinski definition) is 4. The Hall–Kier alpha value is -2.05. The number of nitrogens with one attached hydrogen (secondary N) is 1. The van der Waals surface area contributed by atoms with Crippen LogP contribution in [0.2, 0.25) is 0 Å². The average Bonchev–Trinajstić information content (AvgIpc) is 2.59. The van der Waals surface area contributed by atoms with Gasteiger partial charge in [-0.3, -0.25) is 0 Å². The number of benzene rings is 2. The van der Waals surface area contributed by atoms with Gasteiger partial charge in [0.05, 0.1) is 18.0 Å². The first-order chi connectivity index (χ1) is 12.2. The number of para-hydroxylation sites is 1. The van der Waals surface area contributed by atoms with E-state index in [4.69, 9.17) is 9.47 Å². The molecule has 0 radical (unpaired) electrons. The molecule has 0 aliphatic heterocycles. The predicted molar refractivity (Wildman–Crippen MR) is 104 cm³/mol. The van der Waals surface area contributed by atoms with Crippen molar-refractivity contribution in [2.75, 3.05) is 13.7 Å². The zero-order valence-electron chi connectivity index (χ0n) is 15.9. The summed E-state index contributed by atoms with van der Waals surface area (Å²) in [5.74, 6) is 1.57. The molecule has 0 bridgehead atoms. The number of ether oxygens (including phenoxy) is 2. The van der Waals surface area contributed by atoms with Gasteiger partial charge >= 0.3 is 0 Å². The maximum absolute atomic E-state index is 12.8. The molecule has 6 heteroatoms. The molecule has 5 nitrogen and oxygen atoms in total. The molecule has 142 valence electrons. The van der Waals surface area contributed by atoms with Crippen molar-refractivity contribution >= 4 is 10.0 Å². The van der Waals surface area contributed by atoms with Gasteiger partial charge in [0, 0.05) is 0 Å². The van der Waals surface area contributed by atoms with Gasteiger partial charge < -0.3 is 9.47 Å². The highest BCUT2D eigenvalue weighted by atomic mass is 32.2. The Kier molecular flexibility index (Phi) is 6.67. The van der Waals surface area contributed by atoms with Crippen LogP contribution in [0.15, 0.2) is 47.4 Å². The van der Waals surface area contributed by atoms with Crippen LogP contribution >= 0.6 is 0 Å². The van der Waals surface area contributed by atoms with Crippen molar-refractivity contribution in [2.45, 2.75) is 44.6 Å². The van der Waals surface area contributed by atoms with Crippen LogP contribution in [0.4, 0.5) is 0 Å². The summed E-state index contributed by atoms with van der Waals surface area (Å²) in [6.45, 7) is 7.81. The Morgan fingerprint density at radius 2 is 1.73 bits per heavy atom. The molecule has 2 aromatic rings. The lowest BCUT2D eigenvalue weighted by atomic mass is 10.0. The van der Waals surface area contributed by atoms with Gasteiger partial charge in [-0.15, -0.1) is 0 Å². The Morgan fingerprint density at radius 3 is 2.31 bits per heavy atom. The monoisotopic (exact) mass is 377 g/mol. The van der Waals surface area contributed by atoms with Gasteiger partial charge in [0.1, 0.15) is 18.1 Å². The maximum atomic E-state index is 12.8. The third kappa shape index (κ3) is 4.99. The number of sulfonamides is 1. The van der Waals surface area contributed by atoms with E-state index < -0.39 is 10.0 Å². The van der Waals surface area contributed by atoms with Crippen molar-refractivity contribution in [3.05, 3.63) is 53.6 Å². The Bertz CT molecular complexity index is 832. The summed E-state index contributed by atoms with van der Waals surface area (Å²) in [5.41, 5.74) is 1.52. The molecule has 0 saturated carbocycles. The number of methoxy groups -OCH3 is 1. The van der Waals surface area contributed by atoms with Crippen LogP contribution in [-0.4, -0.2) is 28.2 Å². The van der Waals surface area contributed by atoms with E-state index in [2.05, 4.69) is 4.72 Å². The van der Waals surface area contributed by atoms with Crippen molar-refractivity contribution in [2.24, 2.45) is 0 Å². The van der Waals surface area contributed by atoms with Crippen molar-refractivity contribution in [3.63, 3.8) is 0 Å². The zero-order valence-corrected chi connectivity index (χ0v) is 16.8. The molecule has 0 aromatic heterocycles. The lowest BCUT2D eigenvalue weighted by Gasteiger charge is -2.19. The van der Waals surface area contributed by atoms with Crippen LogP contribution < -0.4 is 14.2 Å². The van der Waals surface area contributed by atoms with Gasteiger partial charge in [-0.05, 0) is 55.2 Å². The van der Waals surface area contributed by atoms with Crippen molar-refractivity contribution < 1.29 is 17.9 Å². The van der Waals surface area contributed by atoms with Crippen LogP contribution in [0.3, 0.4) is 0 Å². The van der Waals surface area contributed by atoms with Gasteiger partial charge in [0.2, 0.25) is 10.0 Å². The smallest absolute Gasteiger partial charge is 0.241 e. The van der Waals surface area contributed by atoms with Gasteiger partial charge in [-0.25, -0.2) is 13.1 Å². The summed E-state index contributed by atoms with van der Waals surface area (Å²) in [6, 6.07) is 12.4. The Balaban J connectivity index is 2.17. The molecule has 0 heterocycles. The molecule has 0 fully saturated rings. The first-order valence-electron chi connectivity index (χ1n) is 8.63. The predicted octanol–water partition coefficient (Wildman–Crippen LogP) is 3.87. The lowest BCUT2D eigenvalue weighted by Crippen LogP contribution is -2.37. The fourth-order valence-corrected chi connectivity index (χ4v) is 4.18. The second-order valence-electron chi connectivity index (χ2n) is 6.66. The summed E-state index contributed by atoms with van der Waals surface area (Å²) in [7, 11) is -2.07. The minimum Gasteiger partial charge on any atom is -0.496 e. The molecule has 2 aromatic carbocycles. The molecular weight excluding hydrogens is 350 g/mol. The fraction of sp³-hybridized carbons (Fsp3) is 0.400. The van der Waals surface area contributed by atoms with Crippen LogP contribution in [0.25, 0.3) is 0 Å². The molecule has 0 amide bonds. The molecule has 1 N–H and O–H groups in total. The van der Waals surface area contributed by atoms with E-state index in [-0.39, 0.29) is 23.5 Å². The van der Waals surface area contributed by atoms with E-state index >= 15 is 0 Å². The molecule has 26 heavy (non-hydrogen) atoms. The molecule has 0 aliphatic rings. The third-order valence-electron chi connectivity index (χ3n) is 4.04. The summed E-state index contributed by atoms with van der Waals surface area (Å²) < 4.78 is 39.4. The minimum absolute atomic E-state index is 0.151. The molecule has 0 aliphatic carbocycles. The second-order valence-corrected chi connectivity index (χ2v) is 8.34. The van der Waals surface area contributed by atoms with E-state index in [1.54, 1.807) is 33.1 Å². The van der Waals surface area contributed by atoms with Crippen LogP contribution in [0, 0.1) is 6.92 Å². The molecule has 1 atom stereocenters. The van der Waals surface area contributed by atoms with Gasteiger partial charge in [0.25, 0.3) is 0 Å². The molecule has 0 spiro atoms. The van der Waals surface area contributed by atoms with Gasteiger partial charge in [-0.1, -0.05) is 32.0 Å². The highest BCUT2D eigenvalue weighted by molar-refractivity contribution is 7.89. The SMILES string of the molecule is COc1cc(C)c(S(=O)(=O)N[C@@H](C)COc2ccccc2)cc1C(C)C. The van der Waals surface area contributed by atoms with E-state index in [9.17, 15) is 8.42 Å². The van der Waals surface area contributed by atoms with Gasteiger partial charge in [0.15, 0.2) is 0 Å². The lowest BCUT2D eigenvalue weighted by molar-refractivity contribution is 0.287. The summed E-state index contributed by atoms with van der Waals surface area (Å²) in [6.07, 6.45) is 0. The number of aryl methyl sites for hydroxylation is 1.